The van der Waals surface area contributed by atoms with E-state index in [4.69, 9.17) is 4.74 Å². The summed E-state index contributed by atoms with van der Waals surface area (Å²) in [6, 6.07) is 0. The van der Waals surface area contributed by atoms with Gasteiger partial charge in [0.1, 0.15) is 11.9 Å². The number of Topliss-reactive ketones (excluding diaryl/α,β-unsaturated/α-hetero) is 1. The Labute approximate surface area is 162 Å². The molecular formula is C23H34O4. The van der Waals surface area contributed by atoms with Crippen molar-refractivity contribution in [3.05, 3.63) is 11.6 Å². The first-order valence-corrected chi connectivity index (χ1v) is 10.7. The predicted molar refractivity (Wildman–Crippen MR) is 103 cm³/mol. The van der Waals surface area contributed by atoms with E-state index in [-0.39, 0.29) is 22.7 Å². The van der Waals surface area contributed by atoms with E-state index in [1.165, 1.54) is 12.5 Å². The lowest BCUT2D eigenvalue weighted by atomic mass is 9.47. The van der Waals surface area contributed by atoms with Gasteiger partial charge in [0.05, 0.1) is 6.10 Å². The lowest BCUT2D eigenvalue weighted by Crippen LogP contribution is -2.53. The van der Waals surface area contributed by atoms with Crippen LogP contribution in [0.1, 0.15) is 72.6 Å². The van der Waals surface area contributed by atoms with Gasteiger partial charge in [-0.05, 0) is 80.5 Å². The van der Waals surface area contributed by atoms with Gasteiger partial charge in [0.25, 0.3) is 0 Å². The molecule has 0 heterocycles. The van der Waals surface area contributed by atoms with E-state index in [1.807, 2.05) is 0 Å². The van der Waals surface area contributed by atoms with E-state index in [0.717, 1.165) is 38.5 Å². The summed E-state index contributed by atoms with van der Waals surface area (Å²) in [7, 11) is 0. The minimum absolute atomic E-state index is 0.00208. The van der Waals surface area contributed by atoms with Crippen molar-refractivity contribution in [3.8, 4) is 0 Å². The molecule has 4 aliphatic carbocycles. The molecule has 8 atom stereocenters. The minimum Gasteiger partial charge on any atom is -0.460 e. The van der Waals surface area contributed by atoms with E-state index in [1.54, 1.807) is 6.92 Å². The Morgan fingerprint density at radius 1 is 1.15 bits per heavy atom. The number of rotatable bonds is 2. The Kier molecular flexibility index (Phi) is 4.57. The van der Waals surface area contributed by atoms with Gasteiger partial charge in [0.2, 0.25) is 0 Å². The van der Waals surface area contributed by atoms with Gasteiger partial charge in [-0.3, -0.25) is 9.59 Å². The maximum atomic E-state index is 12.3. The lowest BCUT2D eigenvalue weighted by molar-refractivity contribution is -0.160. The average molecular weight is 375 g/mol. The first-order chi connectivity index (χ1) is 12.7. The van der Waals surface area contributed by atoms with Crippen LogP contribution in [0.4, 0.5) is 0 Å². The Bertz CT molecular complexity index is 682. The van der Waals surface area contributed by atoms with Crippen LogP contribution in [0.3, 0.4) is 0 Å². The number of hydrogen-bond acceptors (Lipinski definition) is 4. The Morgan fingerprint density at radius 2 is 1.89 bits per heavy atom. The molecule has 3 saturated carbocycles. The third-order valence-electron chi connectivity index (χ3n) is 8.92. The Morgan fingerprint density at radius 3 is 2.56 bits per heavy atom. The number of aliphatic hydroxyl groups is 1. The van der Waals surface area contributed by atoms with Crippen molar-refractivity contribution in [3.63, 3.8) is 0 Å². The standard InChI is InChI=1S/C23H34O4/c1-13(24)17-7-8-18-16-6-5-15-11-20(26)21(27-14(2)25)12-23(15,4)19(16)9-10-22(17,18)3/h5,16-21,26H,6-12H2,1-4H3/t16-,17+,18-,19-,20?,21?,22+,23-/m0/s1. The van der Waals surface area contributed by atoms with E-state index in [2.05, 4.69) is 19.9 Å². The summed E-state index contributed by atoms with van der Waals surface area (Å²) in [6.07, 6.45) is 8.27. The lowest BCUT2D eigenvalue weighted by Gasteiger charge is -2.58. The smallest absolute Gasteiger partial charge is 0.302 e. The maximum Gasteiger partial charge on any atom is 0.302 e. The van der Waals surface area contributed by atoms with Crippen molar-refractivity contribution in [2.24, 2.45) is 34.5 Å². The first kappa shape index (κ1) is 19.2. The third kappa shape index (κ3) is 2.82. The van der Waals surface area contributed by atoms with E-state index < -0.39 is 12.2 Å². The molecule has 1 N–H and O–H groups in total. The summed E-state index contributed by atoms with van der Waals surface area (Å²) in [5.74, 6) is 2.07. The highest BCUT2D eigenvalue weighted by Gasteiger charge is 2.60. The number of hydrogen-bond donors (Lipinski definition) is 1. The average Bonchev–Trinajstić information content (AvgIpc) is 2.93. The zero-order valence-electron chi connectivity index (χ0n) is 17.2. The molecule has 0 saturated heterocycles. The highest BCUT2D eigenvalue weighted by molar-refractivity contribution is 5.79. The summed E-state index contributed by atoms with van der Waals surface area (Å²) in [5, 5.41) is 10.5. The number of carbonyl (C=O) groups excluding carboxylic acids is 2. The molecule has 27 heavy (non-hydrogen) atoms. The highest BCUT2D eigenvalue weighted by atomic mass is 16.6. The van der Waals surface area contributed by atoms with Gasteiger partial charge in [-0.25, -0.2) is 0 Å². The molecule has 3 fully saturated rings. The van der Waals surface area contributed by atoms with Gasteiger partial charge in [0.15, 0.2) is 0 Å². The molecule has 0 bridgehead atoms. The highest BCUT2D eigenvalue weighted by Crippen LogP contribution is 2.66. The molecule has 4 aliphatic rings. The zero-order valence-corrected chi connectivity index (χ0v) is 17.2. The molecule has 4 nitrogen and oxygen atoms in total. The number of ketones is 1. The van der Waals surface area contributed by atoms with Crippen molar-refractivity contribution >= 4 is 11.8 Å². The fraction of sp³-hybridized carbons (Fsp3) is 0.826. The van der Waals surface area contributed by atoms with Gasteiger partial charge < -0.3 is 9.84 Å². The second-order valence-electron chi connectivity index (χ2n) is 10.2. The molecule has 0 radical (unpaired) electrons. The van der Waals surface area contributed by atoms with Crippen molar-refractivity contribution in [1.82, 2.24) is 0 Å². The van der Waals surface area contributed by atoms with Crippen LogP contribution in [0.15, 0.2) is 11.6 Å². The molecule has 0 aromatic heterocycles. The van der Waals surface area contributed by atoms with Gasteiger partial charge in [-0.1, -0.05) is 25.5 Å². The molecule has 0 spiro atoms. The minimum atomic E-state index is -0.591. The number of ether oxygens (including phenoxy) is 1. The fourth-order valence-corrected chi connectivity index (χ4v) is 7.67. The molecule has 0 amide bonds. The van der Waals surface area contributed by atoms with Crippen LogP contribution in [0.2, 0.25) is 0 Å². The van der Waals surface area contributed by atoms with Crippen LogP contribution in [0.25, 0.3) is 0 Å². The summed E-state index contributed by atoms with van der Waals surface area (Å²) in [5.41, 5.74) is 1.51. The SMILES string of the molecule is CC(=O)OC1C[C@@]2(C)C(=CC[C@H]3[C@@H]4CC[C@H](C(C)=O)[C@@]4(C)CC[C@@H]32)CC1O. The van der Waals surface area contributed by atoms with Crippen molar-refractivity contribution in [1.29, 1.82) is 0 Å². The van der Waals surface area contributed by atoms with Gasteiger partial charge in [0, 0.05) is 12.8 Å². The summed E-state index contributed by atoms with van der Waals surface area (Å²) >= 11 is 0. The van der Waals surface area contributed by atoms with Crippen LogP contribution >= 0.6 is 0 Å². The summed E-state index contributed by atoms with van der Waals surface area (Å²) < 4.78 is 5.49. The van der Waals surface area contributed by atoms with Crippen molar-refractivity contribution in [2.75, 3.05) is 0 Å². The second-order valence-corrected chi connectivity index (χ2v) is 10.2. The topological polar surface area (TPSA) is 63.6 Å². The Hall–Kier alpha value is -1.16. The van der Waals surface area contributed by atoms with Crippen LogP contribution in [0.5, 0.6) is 0 Å². The van der Waals surface area contributed by atoms with E-state index in [9.17, 15) is 14.7 Å². The van der Waals surface area contributed by atoms with Gasteiger partial charge >= 0.3 is 5.97 Å². The second kappa shape index (κ2) is 6.43. The molecular weight excluding hydrogens is 340 g/mol. The van der Waals surface area contributed by atoms with Crippen LogP contribution in [-0.2, 0) is 14.3 Å². The fourth-order valence-electron chi connectivity index (χ4n) is 7.67. The molecule has 150 valence electrons. The predicted octanol–water partition coefficient (Wildman–Crippen LogP) is 4.06. The molecule has 0 aliphatic heterocycles. The summed E-state index contributed by atoms with van der Waals surface area (Å²) in [6.45, 7) is 7.90. The van der Waals surface area contributed by atoms with Crippen LogP contribution in [-0.4, -0.2) is 29.1 Å². The van der Waals surface area contributed by atoms with Crippen molar-refractivity contribution in [2.45, 2.75) is 84.8 Å². The maximum absolute atomic E-state index is 12.3. The van der Waals surface area contributed by atoms with E-state index >= 15 is 0 Å². The number of aliphatic hydroxyl groups excluding tert-OH is 1. The largest absolute Gasteiger partial charge is 0.460 e. The molecule has 0 aromatic carbocycles. The van der Waals surface area contributed by atoms with Gasteiger partial charge in [-0.15, -0.1) is 0 Å². The first-order valence-electron chi connectivity index (χ1n) is 10.7. The monoisotopic (exact) mass is 374 g/mol. The Balaban J connectivity index is 1.63. The number of fused-ring (bicyclic) bond motifs is 5. The molecule has 2 unspecified atom stereocenters. The molecule has 0 aromatic rings. The molecule has 4 rings (SSSR count). The summed E-state index contributed by atoms with van der Waals surface area (Å²) in [4.78, 5) is 23.8. The van der Waals surface area contributed by atoms with Crippen LogP contribution in [0, 0.1) is 34.5 Å². The van der Waals surface area contributed by atoms with E-state index in [0.29, 0.717) is 30.0 Å². The van der Waals surface area contributed by atoms with Crippen LogP contribution < -0.4 is 0 Å². The third-order valence-corrected chi connectivity index (χ3v) is 8.92. The number of carbonyl (C=O) groups is 2. The molecule has 4 heteroatoms. The van der Waals surface area contributed by atoms with Gasteiger partial charge in [-0.2, -0.15) is 0 Å². The normalized spacial score (nSPS) is 48.7. The quantitative estimate of drug-likeness (QED) is 0.585. The van der Waals surface area contributed by atoms with Crippen molar-refractivity contribution < 1.29 is 19.4 Å². The number of allylic oxidation sites excluding steroid dienone is 1. The number of esters is 1. The zero-order chi connectivity index (χ0) is 19.6.